The molecule has 0 spiro atoms. The van der Waals surface area contributed by atoms with E-state index in [1.807, 2.05) is 0 Å². The number of carbonyl (C=O) groups excluding carboxylic acids is 1. The molecule has 7 heteroatoms. The summed E-state index contributed by atoms with van der Waals surface area (Å²) < 4.78 is 4.98. The first-order chi connectivity index (χ1) is 7.72. The number of rotatable bonds is 7. The number of ether oxygens (including phenoxy) is 1. The smallest absolute Gasteiger partial charge is 0.243 e. The van der Waals surface area contributed by atoms with Gasteiger partial charge in [0, 0.05) is 19.7 Å². The topological polar surface area (TPSA) is 102 Å². The van der Waals surface area contributed by atoms with Crippen LogP contribution in [0, 0.1) is 0 Å². The lowest BCUT2D eigenvalue weighted by atomic mass is 10.5. The number of nitrogens with one attached hydrogen (secondary N) is 2. The van der Waals surface area contributed by atoms with Crippen LogP contribution in [-0.4, -0.2) is 42.7 Å². The van der Waals surface area contributed by atoms with Crippen LogP contribution < -0.4 is 16.4 Å². The summed E-state index contributed by atoms with van der Waals surface area (Å²) in [4.78, 5) is 18.3. The second kappa shape index (κ2) is 6.57. The van der Waals surface area contributed by atoms with Crippen molar-refractivity contribution >= 4 is 17.5 Å². The van der Waals surface area contributed by atoms with Crippen LogP contribution in [-0.2, 0) is 9.53 Å². The maximum Gasteiger partial charge on any atom is 0.243 e. The summed E-state index contributed by atoms with van der Waals surface area (Å²) >= 11 is 0. The van der Waals surface area contributed by atoms with E-state index in [1.54, 1.807) is 13.1 Å². The summed E-state index contributed by atoms with van der Waals surface area (Å²) in [7, 11) is 1.78. The summed E-state index contributed by atoms with van der Waals surface area (Å²) in [6, 6.07) is 1.77. The van der Waals surface area contributed by atoms with Crippen LogP contribution in [0.4, 0.5) is 11.6 Å². The van der Waals surface area contributed by atoms with Crippen LogP contribution >= 0.6 is 0 Å². The third-order valence-corrected chi connectivity index (χ3v) is 1.72. The number of anilines is 2. The molecule has 1 amide bonds. The Labute approximate surface area is 93.4 Å². The van der Waals surface area contributed by atoms with Crippen molar-refractivity contribution in [2.24, 2.45) is 5.73 Å². The van der Waals surface area contributed by atoms with Crippen LogP contribution in [0.1, 0.15) is 0 Å². The van der Waals surface area contributed by atoms with E-state index in [0.717, 1.165) is 5.82 Å². The number of nitrogens with zero attached hydrogens (tertiary/aromatic N) is 2. The number of hydrogen-bond donors (Lipinski definition) is 3. The maximum atomic E-state index is 10.4. The second-order valence-corrected chi connectivity index (χ2v) is 2.98. The van der Waals surface area contributed by atoms with E-state index < -0.39 is 5.91 Å². The van der Waals surface area contributed by atoms with E-state index in [1.165, 1.54) is 6.33 Å². The van der Waals surface area contributed by atoms with Crippen LogP contribution in [0.2, 0.25) is 0 Å². The van der Waals surface area contributed by atoms with Crippen molar-refractivity contribution in [3.05, 3.63) is 12.4 Å². The van der Waals surface area contributed by atoms with Gasteiger partial charge < -0.3 is 21.1 Å². The molecule has 4 N–H and O–H groups in total. The fourth-order valence-electron chi connectivity index (χ4n) is 1.01. The van der Waals surface area contributed by atoms with E-state index in [2.05, 4.69) is 20.6 Å². The molecule has 0 radical (unpaired) electrons. The molecule has 1 aromatic rings. The fourth-order valence-corrected chi connectivity index (χ4v) is 1.01. The molecule has 0 aliphatic heterocycles. The Bertz CT molecular complexity index is 344. The molecule has 0 aromatic carbocycles. The number of primary amides is 1. The number of hydrogen-bond acceptors (Lipinski definition) is 6. The molecular formula is C9H15N5O2. The Morgan fingerprint density at radius 1 is 1.50 bits per heavy atom. The quantitative estimate of drug-likeness (QED) is 0.537. The van der Waals surface area contributed by atoms with Crippen molar-refractivity contribution < 1.29 is 9.53 Å². The maximum absolute atomic E-state index is 10.4. The predicted molar refractivity (Wildman–Crippen MR) is 60.1 cm³/mol. The lowest BCUT2D eigenvalue weighted by Crippen LogP contribution is -2.20. The van der Waals surface area contributed by atoms with Crippen LogP contribution in [0.15, 0.2) is 12.4 Å². The summed E-state index contributed by atoms with van der Waals surface area (Å²) in [6.45, 7) is 0.877. The standard InChI is InChI=1S/C9H15N5O2/c1-11-8-4-9(14-6-13-8)12-2-3-16-5-7(10)15/h4,6H,2-3,5H2,1H3,(H2,10,15)(H2,11,12,13,14). The van der Waals surface area contributed by atoms with Gasteiger partial charge in [0.25, 0.3) is 0 Å². The Hall–Kier alpha value is -1.89. The van der Waals surface area contributed by atoms with Crippen molar-refractivity contribution in [3.8, 4) is 0 Å². The highest BCUT2D eigenvalue weighted by atomic mass is 16.5. The minimum absolute atomic E-state index is 0.0623. The Kier molecular flexibility index (Phi) is 5.00. The highest BCUT2D eigenvalue weighted by Gasteiger charge is 1.97. The highest BCUT2D eigenvalue weighted by molar-refractivity contribution is 5.74. The van der Waals surface area contributed by atoms with Crippen molar-refractivity contribution in [2.45, 2.75) is 0 Å². The molecule has 0 aliphatic carbocycles. The van der Waals surface area contributed by atoms with Gasteiger partial charge in [-0.3, -0.25) is 4.79 Å². The van der Waals surface area contributed by atoms with Crippen molar-refractivity contribution in [1.82, 2.24) is 9.97 Å². The van der Waals surface area contributed by atoms with Gasteiger partial charge in [0.05, 0.1) is 6.61 Å². The van der Waals surface area contributed by atoms with E-state index in [4.69, 9.17) is 10.5 Å². The molecule has 16 heavy (non-hydrogen) atoms. The van der Waals surface area contributed by atoms with Crippen molar-refractivity contribution in [3.63, 3.8) is 0 Å². The van der Waals surface area contributed by atoms with E-state index in [9.17, 15) is 4.79 Å². The van der Waals surface area contributed by atoms with Crippen molar-refractivity contribution in [1.29, 1.82) is 0 Å². The molecule has 0 saturated heterocycles. The summed E-state index contributed by atoms with van der Waals surface area (Å²) in [5.41, 5.74) is 4.91. The normalized spacial score (nSPS) is 9.81. The molecule has 7 nitrogen and oxygen atoms in total. The molecule has 1 aromatic heterocycles. The lowest BCUT2D eigenvalue weighted by Gasteiger charge is -2.06. The summed E-state index contributed by atoms with van der Waals surface area (Å²) in [6.07, 6.45) is 1.46. The zero-order chi connectivity index (χ0) is 11.8. The second-order valence-electron chi connectivity index (χ2n) is 2.98. The summed E-state index contributed by atoms with van der Waals surface area (Å²) in [5.74, 6) is 0.956. The molecule has 1 heterocycles. The molecule has 0 unspecified atom stereocenters. The molecule has 0 atom stereocenters. The van der Waals surface area contributed by atoms with Gasteiger partial charge in [0.1, 0.15) is 24.6 Å². The largest absolute Gasteiger partial charge is 0.373 e. The minimum Gasteiger partial charge on any atom is -0.373 e. The average Bonchev–Trinajstić information content (AvgIpc) is 2.28. The molecular weight excluding hydrogens is 210 g/mol. The zero-order valence-corrected chi connectivity index (χ0v) is 9.06. The number of aromatic nitrogens is 2. The van der Waals surface area contributed by atoms with Gasteiger partial charge in [-0.2, -0.15) is 0 Å². The van der Waals surface area contributed by atoms with Gasteiger partial charge in [-0.15, -0.1) is 0 Å². The molecule has 0 fully saturated rings. The Balaban J connectivity index is 2.23. The van der Waals surface area contributed by atoms with Crippen molar-refractivity contribution in [2.75, 3.05) is 37.4 Å². The Morgan fingerprint density at radius 3 is 2.94 bits per heavy atom. The Morgan fingerprint density at radius 2 is 2.25 bits per heavy atom. The SMILES string of the molecule is CNc1cc(NCCOCC(N)=O)ncn1. The monoisotopic (exact) mass is 225 g/mol. The first-order valence-electron chi connectivity index (χ1n) is 4.82. The fraction of sp³-hybridized carbons (Fsp3) is 0.444. The van der Waals surface area contributed by atoms with Crippen LogP contribution in [0.5, 0.6) is 0 Å². The molecule has 88 valence electrons. The van der Waals surface area contributed by atoms with Crippen LogP contribution in [0.3, 0.4) is 0 Å². The van der Waals surface area contributed by atoms with Gasteiger partial charge in [-0.25, -0.2) is 9.97 Å². The molecule has 0 bridgehead atoms. The van der Waals surface area contributed by atoms with Gasteiger partial charge in [-0.1, -0.05) is 0 Å². The first kappa shape index (κ1) is 12.2. The number of amides is 1. The van der Waals surface area contributed by atoms with Gasteiger partial charge in [0.2, 0.25) is 5.91 Å². The third-order valence-electron chi connectivity index (χ3n) is 1.72. The van der Waals surface area contributed by atoms with Gasteiger partial charge >= 0.3 is 0 Å². The van der Waals surface area contributed by atoms with E-state index >= 15 is 0 Å². The molecule has 0 saturated carbocycles. The summed E-state index contributed by atoms with van der Waals surface area (Å²) in [5, 5.41) is 5.93. The first-order valence-corrected chi connectivity index (χ1v) is 4.82. The zero-order valence-electron chi connectivity index (χ0n) is 9.06. The average molecular weight is 225 g/mol. The van der Waals surface area contributed by atoms with E-state index in [-0.39, 0.29) is 6.61 Å². The predicted octanol–water partition coefficient (Wildman–Crippen LogP) is -0.568. The lowest BCUT2D eigenvalue weighted by molar-refractivity contribution is -0.122. The molecule has 1 rings (SSSR count). The number of nitrogens with two attached hydrogens (primary N) is 1. The molecule has 0 aliphatic rings. The highest BCUT2D eigenvalue weighted by Crippen LogP contribution is 2.06. The third kappa shape index (κ3) is 4.56. The minimum atomic E-state index is -0.473. The van der Waals surface area contributed by atoms with Gasteiger partial charge in [-0.05, 0) is 0 Å². The van der Waals surface area contributed by atoms with E-state index in [0.29, 0.717) is 19.0 Å². The van der Waals surface area contributed by atoms with Crippen LogP contribution in [0.25, 0.3) is 0 Å². The number of carbonyl (C=O) groups is 1. The van der Waals surface area contributed by atoms with Gasteiger partial charge in [0.15, 0.2) is 0 Å².